The summed E-state index contributed by atoms with van der Waals surface area (Å²) < 4.78 is 18.6. The van der Waals surface area contributed by atoms with Crippen molar-refractivity contribution in [1.82, 2.24) is 19.9 Å². The molecular formula is C23H26FN5O2. The number of amides is 1. The number of carbonyl (C=O) groups excluding carboxylic acids is 1. The van der Waals surface area contributed by atoms with Crippen LogP contribution in [0.3, 0.4) is 0 Å². The van der Waals surface area contributed by atoms with E-state index in [1.165, 1.54) is 0 Å². The molecule has 162 valence electrons. The Labute approximate surface area is 180 Å². The van der Waals surface area contributed by atoms with Gasteiger partial charge in [0.25, 0.3) is 0 Å². The number of nitrogens with one attached hydrogen (secondary N) is 1. The summed E-state index contributed by atoms with van der Waals surface area (Å²) in [7, 11) is 0. The van der Waals surface area contributed by atoms with Crippen LogP contribution in [0.15, 0.2) is 35.0 Å². The molecule has 1 aliphatic heterocycles. The third-order valence-corrected chi connectivity index (χ3v) is 6.35. The lowest BCUT2D eigenvalue weighted by atomic mass is 9.81. The minimum absolute atomic E-state index is 0.00415. The summed E-state index contributed by atoms with van der Waals surface area (Å²) in [5.41, 5.74) is 1.43. The van der Waals surface area contributed by atoms with Gasteiger partial charge in [-0.25, -0.2) is 19.3 Å². The summed E-state index contributed by atoms with van der Waals surface area (Å²) in [6, 6.07) is 5.59. The lowest BCUT2D eigenvalue weighted by Crippen LogP contribution is -2.50. The Morgan fingerprint density at radius 1 is 1.19 bits per heavy atom. The highest BCUT2D eigenvalue weighted by atomic mass is 19.1. The zero-order valence-electron chi connectivity index (χ0n) is 17.6. The molecule has 1 saturated carbocycles. The molecule has 0 radical (unpaired) electrons. The van der Waals surface area contributed by atoms with Crippen molar-refractivity contribution in [2.75, 3.05) is 25.0 Å². The number of nitrogens with zero attached hydrogens (tertiary/aromatic N) is 4. The molecule has 0 spiro atoms. The SMILES string of the molecule is Cc1ncc(-c2ccc3cnc(NC(=O)[C@H]4CC[C@H](CN5CC(F)C5)CC4)cc3n2)o1. The van der Waals surface area contributed by atoms with Crippen molar-refractivity contribution in [1.29, 1.82) is 0 Å². The van der Waals surface area contributed by atoms with E-state index in [0.717, 1.165) is 43.1 Å². The monoisotopic (exact) mass is 423 g/mol. The van der Waals surface area contributed by atoms with Gasteiger partial charge in [-0.3, -0.25) is 9.69 Å². The van der Waals surface area contributed by atoms with Gasteiger partial charge in [0.2, 0.25) is 5.91 Å². The zero-order chi connectivity index (χ0) is 21.4. The highest BCUT2D eigenvalue weighted by Gasteiger charge is 2.31. The van der Waals surface area contributed by atoms with Crippen molar-refractivity contribution in [2.24, 2.45) is 11.8 Å². The molecule has 3 aromatic heterocycles. The first-order valence-corrected chi connectivity index (χ1v) is 10.9. The van der Waals surface area contributed by atoms with Crippen LogP contribution in [-0.4, -0.2) is 51.6 Å². The minimum atomic E-state index is -0.651. The predicted octanol–water partition coefficient (Wildman–Crippen LogP) is 3.99. The standard InChI is InChI=1S/C23H26FN5O2/c1-14-25-10-21(31-14)19-7-6-17-9-26-22(8-20(17)27-19)28-23(30)16-4-2-15(3-5-16)11-29-12-18(24)13-29/h6-10,15-16,18H,2-5,11-13H2,1H3,(H,26,28,30)/t15-,16-. The van der Waals surface area contributed by atoms with E-state index in [2.05, 4.69) is 25.2 Å². The summed E-state index contributed by atoms with van der Waals surface area (Å²) in [4.78, 5) is 28.1. The van der Waals surface area contributed by atoms with E-state index in [-0.39, 0.29) is 11.8 Å². The molecule has 5 rings (SSSR count). The summed E-state index contributed by atoms with van der Waals surface area (Å²) in [6.07, 6.45) is 6.48. The fourth-order valence-electron chi connectivity index (χ4n) is 4.56. The first kappa shape index (κ1) is 20.1. The second-order valence-corrected chi connectivity index (χ2v) is 8.72. The molecule has 1 saturated heterocycles. The maximum Gasteiger partial charge on any atom is 0.228 e. The summed E-state index contributed by atoms with van der Waals surface area (Å²) in [5, 5.41) is 3.85. The maximum atomic E-state index is 13.0. The fourth-order valence-corrected chi connectivity index (χ4v) is 4.56. The third kappa shape index (κ3) is 4.44. The van der Waals surface area contributed by atoms with Crippen molar-refractivity contribution in [3.63, 3.8) is 0 Å². The lowest BCUT2D eigenvalue weighted by Gasteiger charge is -2.38. The van der Waals surface area contributed by atoms with Gasteiger partial charge in [-0.15, -0.1) is 0 Å². The Kier molecular flexibility index (Phi) is 5.40. The number of rotatable bonds is 5. The van der Waals surface area contributed by atoms with Crippen LogP contribution in [0.5, 0.6) is 0 Å². The molecule has 2 fully saturated rings. The van der Waals surface area contributed by atoms with Crippen LogP contribution in [0, 0.1) is 18.8 Å². The molecule has 1 N–H and O–H groups in total. The fraction of sp³-hybridized carbons (Fsp3) is 0.478. The van der Waals surface area contributed by atoms with Crippen LogP contribution in [0.1, 0.15) is 31.6 Å². The van der Waals surface area contributed by atoms with E-state index >= 15 is 0 Å². The molecular weight excluding hydrogens is 397 g/mol. The summed E-state index contributed by atoms with van der Waals surface area (Å²) >= 11 is 0. The first-order chi connectivity index (χ1) is 15.0. The van der Waals surface area contributed by atoms with Gasteiger partial charge in [0.15, 0.2) is 11.7 Å². The molecule has 31 heavy (non-hydrogen) atoms. The van der Waals surface area contributed by atoms with Crippen LogP contribution in [0.25, 0.3) is 22.4 Å². The van der Waals surface area contributed by atoms with E-state index in [9.17, 15) is 9.18 Å². The van der Waals surface area contributed by atoms with Crippen LogP contribution < -0.4 is 5.32 Å². The predicted molar refractivity (Wildman–Crippen MR) is 115 cm³/mol. The van der Waals surface area contributed by atoms with Crippen molar-refractivity contribution in [2.45, 2.75) is 38.8 Å². The Bertz CT molecular complexity index is 1090. The molecule has 3 aromatic rings. The van der Waals surface area contributed by atoms with E-state index in [4.69, 9.17) is 4.42 Å². The number of pyridine rings is 2. The Hall–Kier alpha value is -2.87. The number of aryl methyl sites for hydroxylation is 1. The van der Waals surface area contributed by atoms with Gasteiger partial charge in [0.1, 0.15) is 17.7 Å². The topological polar surface area (TPSA) is 84.2 Å². The van der Waals surface area contributed by atoms with Gasteiger partial charge in [0, 0.05) is 50.1 Å². The Morgan fingerprint density at radius 3 is 2.71 bits per heavy atom. The highest BCUT2D eigenvalue weighted by Crippen LogP contribution is 2.31. The van der Waals surface area contributed by atoms with Gasteiger partial charge >= 0.3 is 0 Å². The number of alkyl halides is 1. The number of fused-ring (bicyclic) bond motifs is 1. The number of carbonyl (C=O) groups is 1. The smallest absolute Gasteiger partial charge is 0.228 e. The lowest BCUT2D eigenvalue weighted by molar-refractivity contribution is -0.121. The molecule has 1 aliphatic carbocycles. The number of halogens is 1. The molecule has 1 amide bonds. The second-order valence-electron chi connectivity index (χ2n) is 8.72. The van der Waals surface area contributed by atoms with E-state index < -0.39 is 6.17 Å². The molecule has 0 bridgehead atoms. The Balaban J connectivity index is 1.21. The van der Waals surface area contributed by atoms with Crippen molar-refractivity contribution < 1.29 is 13.6 Å². The molecule has 4 heterocycles. The highest BCUT2D eigenvalue weighted by molar-refractivity contribution is 5.93. The maximum absolute atomic E-state index is 13.0. The van der Waals surface area contributed by atoms with Crippen LogP contribution in [0.4, 0.5) is 10.2 Å². The van der Waals surface area contributed by atoms with Gasteiger partial charge in [-0.2, -0.15) is 0 Å². The van der Waals surface area contributed by atoms with Gasteiger partial charge < -0.3 is 9.73 Å². The number of anilines is 1. The van der Waals surface area contributed by atoms with E-state index in [1.807, 2.05) is 12.1 Å². The molecule has 0 unspecified atom stereocenters. The first-order valence-electron chi connectivity index (χ1n) is 10.9. The molecule has 2 aliphatic rings. The number of likely N-dealkylation sites (tertiary alicyclic amines) is 1. The summed E-state index contributed by atoms with van der Waals surface area (Å²) in [5.74, 6) is 2.28. The number of oxazole rings is 1. The number of aromatic nitrogens is 3. The number of hydrogen-bond donors (Lipinski definition) is 1. The largest absolute Gasteiger partial charge is 0.439 e. The molecule has 8 heteroatoms. The van der Waals surface area contributed by atoms with Crippen molar-refractivity contribution >= 4 is 22.6 Å². The van der Waals surface area contributed by atoms with Gasteiger partial charge in [0.05, 0.1) is 11.7 Å². The summed E-state index contributed by atoms with van der Waals surface area (Å²) in [6.45, 7) is 3.89. The van der Waals surface area contributed by atoms with E-state index in [1.54, 1.807) is 25.4 Å². The van der Waals surface area contributed by atoms with Crippen molar-refractivity contribution in [3.8, 4) is 11.5 Å². The molecule has 0 atom stereocenters. The average Bonchev–Trinajstić information content (AvgIpc) is 3.19. The molecule has 0 aromatic carbocycles. The second kappa shape index (κ2) is 8.34. The normalized spacial score (nSPS) is 22.4. The van der Waals surface area contributed by atoms with Crippen LogP contribution in [-0.2, 0) is 4.79 Å². The van der Waals surface area contributed by atoms with Crippen LogP contribution in [0.2, 0.25) is 0 Å². The third-order valence-electron chi connectivity index (χ3n) is 6.35. The quantitative estimate of drug-likeness (QED) is 0.668. The van der Waals surface area contributed by atoms with E-state index in [0.29, 0.717) is 42.2 Å². The van der Waals surface area contributed by atoms with Gasteiger partial charge in [-0.1, -0.05) is 0 Å². The van der Waals surface area contributed by atoms with Crippen molar-refractivity contribution in [3.05, 3.63) is 36.5 Å². The van der Waals surface area contributed by atoms with Gasteiger partial charge in [-0.05, 0) is 43.7 Å². The molecule has 7 nitrogen and oxygen atoms in total. The van der Waals surface area contributed by atoms with Crippen LogP contribution >= 0.6 is 0 Å². The Morgan fingerprint density at radius 2 is 2.00 bits per heavy atom. The number of hydrogen-bond acceptors (Lipinski definition) is 6. The average molecular weight is 423 g/mol. The zero-order valence-corrected chi connectivity index (χ0v) is 17.6. The minimum Gasteiger partial charge on any atom is -0.439 e.